The summed E-state index contributed by atoms with van der Waals surface area (Å²) in [4.78, 5) is 20.6. The van der Waals surface area contributed by atoms with E-state index in [9.17, 15) is 17.6 Å². The molecule has 36 heavy (non-hydrogen) atoms. The molecule has 0 saturated heterocycles. The van der Waals surface area contributed by atoms with Crippen molar-refractivity contribution in [2.45, 2.75) is 12.7 Å². The zero-order chi connectivity index (χ0) is 25.3. The first-order valence-corrected chi connectivity index (χ1v) is 10.6. The Morgan fingerprint density at radius 2 is 1.81 bits per heavy atom. The van der Waals surface area contributed by atoms with Crippen LogP contribution in [0.5, 0.6) is 5.75 Å². The van der Waals surface area contributed by atoms with Crippen LogP contribution in [0.1, 0.15) is 11.3 Å². The van der Waals surface area contributed by atoms with E-state index in [0.717, 1.165) is 17.8 Å². The molecular formula is C24H17F4N7O. The van der Waals surface area contributed by atoms with E-state index in [1.54, 1.807) is 23.8 Å². The van der Waals surface area contributed by atoms with E-state index in [0.29, 0.717) is 23.5 Å². The highest BCUT2D eigenvalue weighted by Gasteiger charge is 2.32. The van der Waals surface area contributed by atoms with Crippen molar-refractivity contribution >= 4 is 22.7 Å². The Balaban J connectivity index is 1.63. The predicted molar refractivity (Wildman–Crippen MR) is 123 cm³/mol. The molecule has 0 unspecified atom stereocenters. The van der Waals surface area contributed by atoms with Crippen LogP contribution >= 0.6 is 0 Å². The van der Waals surface area contributed by atoms with Crippen LogP contribution in [0, 0.1) is 5.82 Å². The van der Waals surface area contributed by atoms with Gasteiger partial charge in [-0.3, -0.25) is 4.98 Å². The minimum atomic E-state index is -4.64. The largest absolute Gasteiger partial charge is 0.497 e. The van der Waals surface area contributed by atoms with Gasteiger partial charge in [0.25, 0.3) is 0 Å². The van der Waals surface area contributed by atoms with Crippen molar-refractivity contribution in [2.24, 2.45) is 0 Å². The molecule has 0 bridgehead atoms. The molecule has 4 aromatic heterocycles. The van der Waals surface area contributed by atoms with Gasteiger partial charge in [0.2, 0.25) is 0 Å². The first-order valence-electron chi connectivity index (χ1n) is 10.6. The SMILES string of the molecule is COc1ccc(Cn2cnc3c(Nc4ccncc4F)nc(-c4cccc(C(F)(F)F)n4)nc32)cc1. The number of benzene rings is 1. The van der Waals surface area contributed by atoms with Gasteiger partial charge in [-0.2, -0.15) is 13.2 Å². The standard InChI is InChI=1S/C24H17F4N7O/c1-36-15-7-5-14(6-8-15)12-35-13-30-20-22(32-17-9-10-29-11-16(17)25)33-21(34-23(20)35)18-3-2-4-19(31-18)24(26,27)28/h2-11,13H,12H2,1H3,(H,29,32,33,34). The number of nitrogens with one attached hydrogen (secondary N) is 1. The summed E-state index contributed by atoms with van der Waals surface area (Å²) in [5, 5.41) is 2.85. The lowest BCUT2D eigenvalue weighted by Gasteiger charge is -2.11. The van der Waals surface area contributed by atoms with E-state index in [1.165, 1.54) is 30.7 Å². The van der Waals surface area contributed by atoms with Crippen molar-refractivity contribution in [3.8, 4) is 17.3 Å². The Morgan fingerprint density at radius 3 is 2.53 bits per heavy atom. The summed E-state index contributed by atoms with van der Waals surface area (Å²) in [5.74, 6) is 0.0795. The molecule has 5 aromatic rings. The summed E-state index contributed by atoms with van der Waals surface area (Å²) in [5.41, 5.74) is 0.426. The van der Waals surface area contributed by atoms with E-state index in [4.69, 9.17) is 4.74 Å². The number of nitrogens with zero attached hydrogens (tertiary/aromatic N) is 6. The van der Waals surface area contributed by atoms with Crippen LogP contribution in [-0.2, 0) is 12.7 Å². The number of alkyl halides is 3. The van der Waals surface area contributed by atoms with Crippen LogP contribution in [-0.4, -0.2) is 36.6 Å². The van der Waals surface area contributed by atoms with Gasteiger partial charge in [0.15, 0.2) is 28.6 Å². The average Bonchev–Trinajstić information content (AvgIpc) is 3.28. The molecule has 12 heteroatoms. The van der Waals surface area contributed by atoms with Crippen molar-refractivity contribution in [3.63, 3.8) is 0 Å². The van der Waals surface area contributed by atoms with Crippen LogP contribution in [0.3, 0.4) is 0 Å². The first-order chi connectivity index (χ1) is 17.3. The van der Waals surface area contributed by atoms with Gasteiger partial charge in [0.05, 0.1) is 31.9 Å². The normalized spacial score (nSPS) is 11.6. The molecule has 182 valence electrons. The summed E-state index contributed by atoms with van der Waals surface area (Å²) >= 11 is 0. The number of aromatic nitrogens is 6. The molecule has 4 heterocycles. The fourth-order valence-corrected chi connectivity index (χ4v) is 3.51. The lowest BCUT2D eigenvalue weighted by atomic mass is 10.2. The molecule has 0 amide bonds. The second-order valence-electron chi connectivity index (χ2n) is 7.67. The van der Waals surface area contributed by atoms with Crippen molar-refractivity contribution in [1.82, 2.24) is 29.5 Å². The van der Waals surface area contributed by atoms with Crippen molar-refractivity contribution in [3.05, 3.63) is 84.3 Å². The van der Waals surface area contributed by atoms with Crippen LogP contribution < -0.4 is 10.1 Å². The second kappa shape index (κ2) is 9.21. The number of ether oxygens (including phenoxy) is 1. The van der Waals surface area contributed by atoms with E-state index >= 15 is 0 Å². The molecule has 8 nitrogen and oxygen atoms in total. The summed E-state index contributed by atoms with van der Waals surface area (Å²) in [6.45, 7) is 0.357. The Hall–Kier alpha value is -4.61. The van der Waals surface area contributed by atoms with Gasteiger partial charge < -0.3 is 14.6 Å². The molecule has 5 rings (SSSR count). The van der Waals surface area contributed by atoms with Crippen molar-refractivity contribution < 1.29 is 22.3 Å². The van der Waals surface area contributed by atoms with E-state index in [1.807, 2.05) is 12.1 Å². The maximum Gasteiger partial charge on any atom is 0.433 e. The molecule has 0 aliphatic heterocycles. The molecule has 0 saturated carbocycles. The third-order valence-corrected chi connectivity index (χ3v) is 5.27. The quantitative estimate of drug-likeness (QED) is 0.322. The molecule has 0 radical (unpaired) electrons. The fourth-order valence-electron chi connectivity index (χ4n) is 3.51. The number of fused-ring (bicyclic) bond motifs is 1. The van der Waals surface area contributed by atoms with Crippen LogP contribution in [0.4, 0.5) is 29.1 Å². The maximum atomic E-state index is 14.3. The van der Waals surface area contributed by atoms with Gasteiger partial charge in [0.1, 0.15) is 17.1 Å². The maximum absolute atomic E-state index is 14.3. The summed E-state index contributed by atoms with van der Waals surface area (Å²) in [7, 11) is 1.57. The number of pyridine rings is 2. The zero-order valence-corrected chi connectivity index (χ0v) is 18.7. The Morgan fingerprint density at radius 1 is 1.00 bits per heavy atom. The number of methoxy groups -OCH3 is 1. The topological polar surface area (TPSA) is 90.6 Å². The van der Waals surface area contributed by atoms with Crippen LogP contribution in [0.15, 0.2) is 67.3 Å². The number of anilines is 2. The molecule has 0 aliphatic rings. The third-order valence-electron chi connectivity index (χ3n) is 5.27. The minimum absolute atomic E-state index is 0.0673. The molecule has 1 N–H and O–H groups in total. The Bertz CT molecular complexity index is 1530. The van der Waals surface area contributed by atoms with Gasteiger partial charge in [0, 0.05) is 6.20 Å². The summed E-state index contributed by atoms with van der Waals surface area (Å²) in [6, 6.07) is 12.2. The van der Waals surface area contributed by atoms with E-state index in [2.05, 4.69) is 30.2 Å². The average molecular weight is 495 g/mol. The molecular weight excluding hydrogens is 478 g/mol. The van der Waals surface area contributed by atoms with E-state index in [-0.39, 0.29) is 23.0 Å². The number of hydrogen-bond acceptors (Lipinski definition) is 7. The van der Waals surface area contributed by atoms with Gasteiger partial charge in [-0.1, -0.05) is 18.2 Å². The molecule has 0 atom stereocenters. The molecule has 1 aromatic carbocycles. The number of halogens is 4. The highest BCUT2D eigenvalue weighted by Crippen LogP contribution is 2.31. The number of imidazole rings is 1. The summed E-state index contributed by atoms with van der Waals surface area (Å²) < 4.78 is 61.0. The monoisotopic (exact) mass is 495 g/mol. The molecule has 0 spiro atoms. The van der Waals surface area contributed by atoms with Crippen LogP contribution in [0.2, 0.25) is 0 Å². The third kappa shape index (κ3) is 4.65. The van der Waals surface area contributed by atoms with E-state index < -0.39 is 17.7 Å². The van der Waals surface area contributed by atoms with Gasteiger partial charge in [-0.05, 0) is 35.9 Å². The van der Waals surface area contributed by atoms with Gasteiger partial charge >= 0.3 is 6.18 Å². The lowest BCUT2D eigenvalue weighted by Crippen LogP contribution is -2.09. The zero-order valence-electron chi connectivity index (χ0n) is 18.7. The van der Waals surface area contributed by atoms with Crippen LogP contribution in [0.25, 0.3) is 22.7 Å². The predicted octanol–water partition coefficient (Wildman–Crippen LogP) is 5.24. The number of rotatable bonds is 6. The first kappa shape index (κ1) is 23.1. The highest BCUT2D eigenvalue weighted by atomic mass is 19.4. The highest BCUT2D eigenvalue weighted by molar-refractivity contribution is 5.87. The fraction of sp³-hybridized carbons (Fsp3) is 0.125. The Kier molecular flexibility index (Phi) is 5.92. The lowest BCUT2D eigenvalue weighted by molar-refractivity contribution is -0.141. The van der Waals surface area contributed by atoms with Crippen molar-refractivity contribution in [1.29, 1.82) is 0 Å². The molecule has 0 fully saturated rings. The summed E-state index contributed by atoms with van der Waals surface area (Å²) in [6.07, 6.45) is -0.696. The van der Waals surface area contributed by atoms with Crippen molar-refractivity contribution in [2.75, 3.05) is 12.4 Å². The number of hydrogen-bond donors (Lipinski definition) is 1. The van der Waals surface area contributed by atoms with Gasteiger partial charge in [-0.25, -0.2) is 24.3 Å². The second-order valence-corrected chi connectivity index (χ2v) is 7.67. The smallest absolute Gasteiger partial charge is 0.433 e. The van der Waals surface area contributed by atoms with Gasteiger partial charge in [-0.15, -0.1) is 0 Å². The minimum Gasteiger partial charge on any atom is -0.497 e. The Labute approximate surface area is 201 Å². The molecule has 0 aliphatic carbocycles.